The molecule has 11 heteroatoms. The third-order valence-electron chi connectivity index (χ3n) is 3.94. The van der Waals surface area contributed by atoms with E-state index in [-0.39, 0.29) is 16.8 Å². The van der Waals surface area contributed by atoms with Crippen molar-refractivity contribution < 1.29 is 9.72 Å². The van der Waals surface area contributed by atoms with E-state index in [0.29, 0.717) is 29.1 Å². The molecule has 1 amide bonds. The van der Waals surface area contributed by atoms with Gasteiger partial charge in [-0.3, -0.25) is 14.9 Å². The highest BCUT2D eigenvalue weighted by molar-refractivity contribution is 8.00. The number of nitro benzene ring substituents is 1. The van der Waals surface area contributed by atoms with Crippen molar-refractivity contribution in [3.8, 4) is 11.4 Å². The molecular weight excluding hydrogens is 400 g/mol. The Morgan fingerprint density at radius 2 is 2.07 bits per heavy atom. The van der Waals surface area contributed by atoms with Crippen LogP contribution in [0.25, 0.3) is 11.4 Å². The molecule has 0 aliphatic rings. The summed E-state index contributed by atoms with van der Waals surface area (Å²) in [6.45, 7) is 4.49. The number of rotatable bonds is 8. The fraction of sp³-hybridized carbons (Fsp3) is 0.294. The smallest absolute Gasteiger partial charge is 0.269 e. The number of non-ortho nitro benzene ring substituents is 1. The van der Waals surface area contributed by atoms with Crippen LogP contribution >= 0.6 is 23.1 Å². The molecule has 0 spiro atoms. The molecule has 0 saturated heterocycles. The van der Waals surface area contributed by atoms with Gasteiger partial charge in [0.2, 0.25) is 5.91 Å². The number of thiazole rings is 1. The third kappa shape index (κ3) is 4.37. The molecule has 28 heavy (non-hydrogen) atoms. The van der Waals surface area contributed by atoms with E-state index >= 15 is 0 Å². The molecule has 1 N–H and O–H groups in total. The minimum absolute atomic E-state index is 0.0193. The number of nitrogens with zero attached hydrogens (tertiary/aromatic N) is 5. The van der Waals surface area contributed by atoms with Crippen LogP contribution in [0.4, 0.5) is 10.8 Å². The number of benzene rings is 1. The summed E-state index contributed by atoms with van der Waals surface area (Å²) in [6, 6.07) is 6.17. The van der Waals surface area contributed by atoms with E-state index in [1.165, 1.54) is 35.2 Å². The lowest BCUT2D eigenvalue weighted by atomic mass is 10.2. The second-order valence-electron chi connectivity index (χ2n) is 5.70. The molecule has 0 unspecified atom stereocenters. The van der Waals surface area contributed by atoms with Crippen molar-refractivity contribution in [2.75, 3.05) is 5.32 Å². The van der Waals surface area contributed by atoms with E-state index in [1.807, 2.05) is 18.4 Å². The van der Waals surface area contributed by atoms with Crippen molar-refractivity contribution in [2.24, 2.45) is 0 Å². The number of thioether (sulfide) groups is 1. The van der Waals surface area contributed by atoms with Gasteiger partial charge in [0.1, 0.15) is 0 Å². The zero-order valence-electron chi connectivity index (χ0n) is 15.2. The van der Waals surface area contributed by atoms with E-state index in [1.54, 1.807) is 23.7 Å². The lowest BCUT2D eigenvalue weighted by molar-refractivity contribution is -0.384. The molecule has 0 saturated carbocycles. The number of nitro groups is 1. The molecule has 3 rings (SSSR count). The molecule has 1 atom stereocenters. The van der Waals surface area contributed by atoms with Gasteiger partial charge in [0.25, 0.3) is 5.69 Å². The lowest BCUT2D eigenvalue weighted by Gasteiger charge is -2.14. The highest BCUT2D eigenvalue weighted by Gasteiger charge is 2.23. The van der Waals surface area contributed by atoms with Crippen LogP contribution in [0.3, 0.4) is 0 Å². The summed E-state index contributed by atoms with van der Waals surface area (Å²) in [5.41, 5.74) is 0.748. The van der Waals surface area contributed by atoms with Crippen molar-refractivity contribution in [1.29, 1.82) is 0 Å². The SMILES string of the molecule is CC[C@@H](Sc1nnc(-c2ccc([N+](=O)[O-])cc2)n1CC)C(=O)Nc1nccs1. The monoisotopic (exact) mass is 418 g/mol. The Morgan fingerprint density at radius 1 is 1.32 bits per heavy atom. The summed E-state index contributed by atoms with van der Waals surface area (Å²) in [5.74, 6) is 0.472. The predicted octanol–water partition coefficient (Wildman–Crippen LogP) is 3.84. The molecule has 0 fully saturated rings. The first-order valence-electron chi connectivity index (χ1n) is 8.58. The van der Waals surface area contributed by atoms with Crippen LogP contribution < -0.4 is 5.32 Å². The summed E-state index contributed by atoms with van der Waals surface area (Å²) in [7, 11) is 0. The molecule has 3 aromatic rings. The topological polar surface area (TPSA) is 116 Å². The van der Waals surface area contributed by atoms with E-state index in [9.17, 15) is 14.9 Å². The number of amides is 1. The number of carbonyl (C=O) groups is 1. The highest BCUT2D eigenvalue weighted by Crippen LogP contribution is 2.29. The maximum atomic E-state index is 12.5. The van der Waals surface area contributed by atoms with Crippen LogP contribution in [-0.2, 0) is 11.3 Å². The number of anilines is 1. The fourth-order valence-electron chi connectivity index (χ4n) is 2.53. The summed E-state index contributed by atoms with van der Waals surface area (Å²) >= 11 is 2.70. The molecule has 0 bridgehead atoms. The maximum absolute atomic E-state index is 12.5. The second kappa shape index (κ2) is 8.93. The van der Waals surface area contributed by atoms with Gasteiger partial charge in [-0.2, -0.15) is 0 Å². The van der Waals surface area contributed by atoms with Crippen LogP contribution in [0.2, 0.25) is 0 Å². The predicted molar refractivity (Wildman–Crippen MR) is 108 cm³/mol. The van der Waals surface area contributed by atoms with Crippen molar-refractivity contribution in [2.45, 2.75) is 37.2 Å². The molecule has 2 heterocycles. The fourth-order valence-corrected chi connectivity index (χ4v) is 4.08. The molecule has 1 aromatic carbocycles. The van der Waals surface area contributed by atoms with Crippen LogP contribution in [0.15, 0.2) is 41.0 Å². The number of aromatic nitrogens is 4. The van der Waals surface area contributed by atoms with Crippen LogP contribution in [0.5, 0.6) is 0 Å². The Kier molecular flexibility index (Phi) is 6.37. The normalized spacial score (nSPS) is 11.9. The van der Waals surface area contributed by atoms with Gasteiger partial charge in [0.15, 0.2) is 16.1 Å². The Bertz CT molecular complexity index is 956. The van der Waals surface area contributed by atoms with E-state index in [4.69, 9.17) is 0 Å². The highest BCUT2D eigenvalue weighted by atomic mass is 32.2. The first-order chi connectivity index (χ1) is 13.5. The van der Waals surface area contributed by atoms with Gasteiger partial charge < -0.3 is 9.88 Å². The van der Waals surface area contributed by atoms with Crippen LogP contribution in [0.1, 0.15) is 20.3 Å². The summed E-state index contributed by atoms with van der Waals surface area (Å²) in [6.07, 6.45) is 2.25. The minimum atomic E-state index is -0.442. The van der Waals surface area contributed by atoms with E-state index in [0.717, 1.165) is 5.56 Å². The molecule has 2 aromatic heterocycles. The van der Waals surface area contributed by atoms with Crippen LogP contribution in [0, 0.1) is 10.1 Å². The van der Waals surface area contributed by atoms with Crippen LogP contribution in [-0.4, -0.2) is 35.8 Å². The van der Waals surface area contributed by atoms with Crippen molar-refractivity contribution in [3.63, 3.8) is 0 Å². The summed E-state index contributed by atoms with van der Waals surface area (Å²) < 4.78 is 1.89. The standard InChI is InChI=1S/C17H18N6O3S2/c1-3-13(15(24)19-16-18-9-10-27-16)28-17-21-20-14(22(17)4-2)11-5-7-12(8-6-11)23(25)26/h5-10,13H,3-4H2,1-2H3,(H,18,19,24)/t13-/m1/s1. The number of nitrogens with one attached hydrogen (secondary N) is 1. The van der Waals surface area contributed by atoms with Gasteiger partial charge in [-0.25, -0.2) is 4.98 Å². The van der Waals surface area contributed by atoms with E-state index in [2.05, 4.69) is 20.5 Å². The molecule has 146 valence electrons. The molecule has 0 aliphatic heterocycles. The largest absolute Gasteiger partial charge is 0.302 e. The summed E-state index contributed by atoms with van der Waals surface area (Å²) in [4.78, 5) is 27.0. The Balaban J connectivity index is 1.80. The first kappa shape index (κ1) is 20.0. The Hall–Kier alpha value is -2.79. The number of carbonyl (C=O) groups excluding carboxylic acids is 1. The summed E-state index contributed by atoms with van der Waals surface area (Å²) in [5, 5.41) is 24.8. The molecule has 0 radical (unpaired) electrons. The zero-order valence-corrected chi connectivity index (χ0v) is 16.9. The average molecular weight is 419 g/mol. The van der Waals surface area contributed by atoms with Crippen molar-refractivity contribution in [1.82, 2.24) is 19.7 Å². The maximum Gasteiger partial charge on any atom is 0.269 e. The van der Waals surface area contributed by atoms with E-state index < -0.39 is 4.92 Å². The van der Waals surface area contributed by atoms with Gasteiger partial charge in [-0.05, 0) is 25.5 Å². The van der Waals surface area contributed by atoms with Crippen molar-refractivity contribution in [3.05, 3.63) is 46.0 Å². The minimum Gasteiger partial charge on any atom is -0.302 e. The van der Waals surface area contributed by atoms with Gasteiger partial charge in [0, 0.05) is 35.8 Å². The molecular formula is C17H18N6O3S2. The third-order valence-corrected chi connectivity index (χ3v) is 5.98. The van der Waals surface area contributed by atoms with Gasteiger partial charge in [-0.1, -0.05) is 18.7 Å². The average Bonchev–Trinajstić information content (AvgIpc) is 3.35. The van der Waals surface area contributed by atoms with Gasteiger partial charge in [0.05, 0.1) is 10.2 Å². The lowest BCUT2D eigenvalue weighted by Crippen LogP contribution is -2.25. The molecule has 0 aliphatic carbocycles. The quantitative estimate of drug-likeness (QED) is 0.336. The van der Waals surface area contributed by atoms with Gasteiger partial charge in [-0.15, -0.1) is 21.5 Å². The molecule has 9 nitrogen and oxygen atoms in total. The van der Waals surface area contributed by atoms with Crippen molar-refractivity contribution >= 4 is 39.8 Å². The first-order valence-corrected chi connectivity index (χ1v) is 10.3. The zero-order chi connectivity index (χ0) is 20.1. The number of hydrogen-bond donors (Lipinski definition) is 1. The second-order valence-corrected chi connectivity index (χ2v) is 7.76. The number of hydrogen-bond acceptors (Lipinski definition) is 8. The Labute approximate surface area is 169 Å². The van der Waals surface area contributed by atoms with Gasteiger partial charge >= 0.3 is 0 Å². The Morgan fingerprint density at radius 3 is 2.64 bits per heavy atom.